The average molecular weight is 294 g/mol. The lowest BCUT2D eigenvalue weighted by molar-refractivity contribution is -0.145. The number of ether oxygens (including phenoxy) is 2. The first-order valence-corrected chi connectivity index (χ1v) is 7.58. The highest BCUT2D eigenvalue weighted by molar-refractivity contribution is 5.69. The molecule has 1 fully saturated rings. The fraction of sp³-hybridized carbons (Fsp3) is 0.786. The molecule has 7 heteroatoms. The highest BCUT2D eigenvalue weighted by atomic mass is 16.5. The van der Waals surface area contributed by atoms with E-state index >= 15 is 0 Å². The number of rotatable bonds is 4. The molecule has 3 heterocycles. The number of carbonyl (C=O) groups excluding carboxylic acids is 1. The molecule has 3 rings (SSSR count). The predicted molar refractivity (Wildman–Crippen MR) is 74.6 cm³/mol. The number of methoxy groups -OCH3 is 1. The van der Waals surface area contributed by atoms with E-state index in [2.05, 4.69) is 19.7 Å². The minimum absolute atomic E-state index is 0.0880. The van der Waals surface area contributed by atoms with E-state index in [1.807, 2.05) is 0 Å². The van der Waals surface area contributed by atoms with Crippen molar-refractivity contribution in [1.82, 2.24) is 19.7 Å². The van der Waals surface area contributed by atoms with Crippen molar-refractivity contribution in [3.8, 4) is 0 Å². The molecule has 2 aliphatic heterocycles. The highest BCUT2D eigenvalue weighted by Crippen LogP contribution is 2.17. The molecule has 7 nitrogen and oxygen atoms in total. The lowest BCUT2D eigenvalue weighted by Crippen LogP contribution is -2.43. The molecular weight excluding hydrogens is 272 g/mol. The third-order valence-electron chi connectivity index (χ3n) is 4.15. The summed E-state index contributed by atoms with van der Waals surface area (Å²) in [4.78, 5) is 13.6. The van der Waals surface area contributed by atoms with E-state index in [1.165, 1.54) is 20.0 Å². The number of carbonyl (C=O) groups is 1. The van der Waals surface area contributed by atoms with Crippen LogP contribution < -0.4 is 0 Å². The average Bonchev–Trinajstić information content (AvgIpc) is 2.91. The van der Waals surface area contributed by atoms with Gasteiger partial charge in [-0.15, -0.1) is 10.2 Å². The van der Waals surface area contributed by atoms with Crippen molar-refractivity contribution in [3.05, 3.63) is 11.6 Å². The number of aromatic nitrogens is 3. The predicted octanol–water partition coefficient (Wildman–Crippen LogP) is 0.378. The summed E-state index contributed by atoms with van der Waals surface area (Å²) in [6, 6.07) is 0. The van der Waals surface area contributed by atoms with Crippen molar-refractivity contribution in [1.29, 1.82) is 0 Å². The first-order chi connectivity index (χ1) is 10.3. The number of fused-ring (bicyclic) bond motifs is 1. The Hall–Kier alpha value is -1.47. The van der Waals surface area contributed by atoms with Crippen LogP contribution in [0.1, 0.15) is 30.9 Å². The van der Waals surface area contributed by atoms with Crippen LogP contribution in [0.4, 0.5) is 0 Å². The second-order valence-corrected chi connectivity index (χ2v) is 5.65. The van der Waals surface area contributed by atoms with Crippen LogP contribution in [-0.2, 0) is 33.8 Å². The van der Waals surface area contributed by atoms with Crippen molar-refractivity contribution >= 4 is 5.97 Å². The zero-order valence-corrected chi connectivity index (χ0v) is 12.5. The summed E-state index contributed by atoms with van der Waals surface area (Å²) in [6.45, 7) is 4.03. The van der Waals surface area contributed by atoms with E-state index in [4.69, 9.17) is 9.47 Å². The molecule has 116 valence electrons. The van der Waals surface area contributed by atoms with Gasteiger partial charge in [0.15, 0.2) is 0 Å². The van der Waals surface area contributed by atoms with Crippen LogP contribution in [0.3, 0.4) is 0 Å². The fourth-order valence-electron chi connectivity index (χ4n) is 3.00. The molecule has 0 N–H and O–H groups in total. The van der Waals surface area contributed by atoms with Gasteiger partial charge in [-0.3, -0.25) is 9.69 Å². The molecule has 1 aromatic rings. The van der Waals surface area contributed by atoms with Crippen molar-refractivity contribution < 1.29 is 14.3 Å². The van der Waals surface area contributed by atoms with Gasteiger partial charge in [0.25, 0.3) is 0 Å². The number of hydrogen-bond acceptors (Lipinski definition) is 6. The number of nitrogens with zero attached hydrogens (tertiary/aromatic N) is 4. The van der Waals surface area contributed by atoms with Gasteiger partial charge in [-0.05, 0) is 12.8 Å². The molecule has 0 aliphatic carbocycles. The lowest BCUT2D eigenvalue weighted by atomic mass is 10.1. The zero-order chi connectivity index (χ0) is 14.7. The minimum atomic E-state index is -0.221. The Balaban J connectivity index is 1.59. The molecule has 0 saturated carbocycles. The van der Waals surface area contributed by atoms with Gasteiger partial charge in [-0.2, -0.15) is 0 Å². The first-order valence-electron chi connectivity index (χ1n) is 7.58. The normalized spacial score (nSPS) is 22.8. The van der Waals surface area contributed by atoms with Crippen molar-refractivity contribution in [3.63, 3.8) is 0 Å². The number of esters is 1. The molecule has 1 aromatic heterocycles. The van der Waals surface area contributed by atoms with E-state index in [9.17, 15) is 4.79 Å². The summed E-state index contributed by atoms with van der Waals surface area (Å²) < 4.78 is 12.6. The van der Waals surface area contributed by atoms with Crippen LogP contribution >= 0.6 is 0 Å². The van der Waals surface area contributed by atoms with E-state index < -0.39 is 0 Å². The maximum Gasteiger partial charge on any atom is 0.308 e. The fourth-order valence-corrected chi connectivity index (χ4v) is 3.00. The molecule has 1 atom stereocenters. The number of hydrogen-bond donors (Lipinski definition) is 0. The van der Waals surface area contributed by atoms with Crippen LogP contribution in [0.2, 0.25) is 0 Å². The molecular formula is C14H22N4O3. The Morgan fingerprint density at radius 3 is 3.14 bits per heavy atom. The standard InChI is InChI=1S/C14H22N4O3/c1-20-14(19)8-11-9-17(6-7-21-11)10-13-16-15-12-4-2-3-5-18(12)13/h11H,2-10H2,1H3. The summed E-state index contributed by atoms with van der Waals surface area (Å²) in [5, 5.41) is 8.62. The van der Waals surface area contributed by atoms with Crippen molar-refractivity contribution in [2.24, 2.45) is 0 Å². The third-order valence-corrected chi connectivity index (χ3v) is 4.15. The molecule has 1 unspecified atom stereocenters. The van der Waals surface area contributed by atoms with Crippen LogP contribution in [0.25, 0.3) is 0 Å². The van der Waals surface area contributed by atoms with Crippen LogP contribution in [0.15, 0.2) is 0 Å². The third kappa shape index (κ3) is 3.41. The van der Waals surface area contributed by atoms with Gasteiger partial charge in [0.1, 0.15) is 11.6 Å². The van der Waals surface area contributed by atoms with Gasteiger partial charge < -0.3 is 14.0 Å². The number of morpholine rings is 1. The maximum absolute atomic E-state index is 11.3. The Labute approximate surface area is 124 Å². The van der Waals surface area contributed by atoms with Crippen LogP contribution in [-0.4, -0.2) is 58.5 Å². The largest absolute Gasteiger partial charge is 0.469 e. The Morgan fingerprint density at radius 2 is 2.29 bits per heavy atom. The van der Waals surface area contributed by atoms with Gasteiger partial charge in [0.05, 0.1) is 32.8 Å². The minimum Gasteiger partial charge on any atom is -0.469 e. The van der Waals surface area contributed by atoms with E-state index in [0.29, 0.717) is 13.0 Å². The lowest BCUT2D eigenvalue weighted by Gasteiger charge is -2.32. The smallest absolute Gasteiger partial charge is 0.308 e. The summed E-state index contributed by atoms with van der Waals surface area (Å²) in [7, 11) is 1.41. The zero-order valence-electron chi connectivity index (χ0n) is 12.5. The van der Waals surface area contributed by atoms with Crippen LogP contribution in [0, 0.1) is 0 Å². The molecule has 0 spiro atoms. The first kappa shape index (κ1) is 14.5. The summed E-state index contributed by atoms with van der Waals surface area (Å²) in [6.07, 6.45) is 3.66. The van der Waals surface area contributed by atoms with E-state index in [1.54, 1.807) is 0 Å². The van der Waals surface area contributed by atoms with Crippen molar-refractivity contribution in [2.75, 3.05) is 26.8 Å². The summed E-state index contributed by atoms with van der Waals surface area (Å²) in [5.41, 5.74) is 0. The second kappa shape index (κ2) is 6.53. The van der Waals surface area contributed by atoms with Gasteiger partial charge in [-0.25, -0.2) is 0 Å². The van der Waals surface area contributed by atoms with Crippen LogP contribution in [0.5, 0.6) is 0 Å². The van der Waals surface area contributed by atoms with E-state index in [-0.39, 0.29) is 12.1 Å². The molecule has 0 aromatic carbocycles. The highest BCUT2D eigenvalue weighted by Gasteiger charge is 2.25. The maximum atomic E-state index is 11.3. The molecule has 1 saturated heterocycles. The van der Waals surface area contributed by atoms with Gasteiger partial charge in [-0.1, -0.05) is 0 Å². The summed E-state index contributed by atoms with van der Waals surface area (Å²) in [5.74, 6) is 1.92. The Morgan fingerprint density at radius 1 is 1.38 bits per heavy atom. The Bertz CT molecular complexity index is 502. The SMILES string of the molecule is COC(=O)CC1CN(Cc2nnc3n2CCCC3)CCO1. The monoisotopic (exact) mass is 294 g/mol. The number of aryl methyl sites for hydroxylation is 1. The topological polar surface area (TPSA) is 69.5 Å². The second-order valence-electron chi connectivity index (χ2n) is 5.65. The van der Waals surface area contributed by atoms with Gasteiger partial charge >= 0.3 is 5.97 Å². The molecule has 0 amide bonds. The van der Waals surface area contributed by atoms with Crippen molar-refractivity contribution in [2.45, 2.75) is 44.9 Å². The van der Waals surface area contributed by atoms with E-state index in [0.717, 1.165) is 44.2 Å². The van der Waals surface area contributed by atoms with Gasteiger partial charge in [0.2, 0.25) is 0 Å². The molecule has 0 radical (unpaired) electrons. The molecule has 2 aliphatic rings. The Kier molecular flexibility index (Phi) is 4.50. The molecule has 0 bridgehead atoms. The van der Waals surface area contributed by atoms with Gasteiger partial charge in [0, 0.05) is 26.1 Å². The summed E-state index contributed by atoms with van der Waals surface area (Å²) >= 11 is 0. The quantitative estimate of drug-likeness (QED) is 0.748. The molecule has 21 heavy (non-hydrogen) atoms.